The number of ketones is 1. The number of rotatable bonds is 21. The fourth-order valence-corrected chi connectivity index (χ4v) is 4.63. The summed E-state index contributed by atoms with van der Waals surface area (Å²) in [6, 6.07) is 0. The summed E-state index contributed by atoms with van der Waals surface area (Å²) >= 11 is 0. The number of carboxylic acid groups (broad SMARTS) is 2. The van der Waals surface area contributed by atoms with E-state index in [1.54, 1.807) is 0 Å². The first-order chi connectivity index (χ1) is 14.6. The molecule has 0 rings (SSSR count). The van der Waals surface area contributed by atoms with Crippen LogP contribution in [0.1, 0.15) is 116 Å². The number of carbonyl (C=O) groups excluding carboxylic acids is 1. The Kier molecular flexibility index (Phi) is 15.4. The summed E-state index contributed by atoms with van der Waals surface area (Å²) in [7, 11) is -5.42. The average Bonchev–Trinajstić information content (AvgIpc) is 2.67. The molecule has 0 aromatic heterocycles. The fraction of sp³-hybridized carbons (Fsp3) is 0.864. The zero-order chi connectivity index (χ0) is 23.8. The Balaban J connectivity index is 4.00. The van der Waals surface area contributed by atoms with Gasteiger partial charge < -0.3 is 10.2 Å². The van der Waals surface area contributed by atoms with E-state index in [9.17, 15) is 32.5 Å². The standard InChI is InChI=1S/C22H40O8S/c1-2-3-4-5-6-7-8-9-10-11-12-13-14-15-16-17-19(23)22(21(26)27,18-20(24)25)31(28,29)30/h2-18H2,1H3,(H,24,25)(H,26,27)(H,28,29,30). The molecule has 8 nitrogen and oxygen atoms in total. The van der Waals surface area contributed by atoms with Crippen LogP contribution >= 0.6 is 0 Å². The number of carbonyl (C=O) groups is 3. The molecular weight excluding hydrogens is 424 g/mol. The molecule has 0 aliphatic carbocycles. The molecule has 3 N–H and O–H groups in total. The summed E-state index contributed by atoms with van der Waals surface area (Å²) in [6.45, 7) is 2.22. The summed E-state index contributed by atoms with van der Waals surface area (Å²) in [5.41, 5.74) is 0. The molecule has 0 fully saturated rings. The SMILES string of the molecule is CCCCCCCCCCCCCCCCCC(=O)C(CC(=O)O)(C(=O)O)S(=O)(=O)O. The lowest BCUT2D eigenvalue weighted by molar-refractivity contribution is -0.150. The van der Waals surface area contributed by atoms with E-state index < -0.39 is 45.4 Å². The van der Waals surface area contributed by atoms with Crippen LogP contribution in [-0.4, -0.2) is 45.7 Å². The van der Waals surface area contributed by atoms with Gasteiger partial charge in [0.15, 0.2) is 5.78 Å². The molecule has 1 atom stereocenters. The second-order valence-electron chi connectivity index (χ2n) is 8.30. The summed E-state index contributed by atoms with van der Waals surface area (Å²) in [4.78, 5) is 34.5. The fourth-order valence-electron chi connectivity index (χ4n) is 3.71. The van der Waals surface area contributed by atoms with Crippen molar-refractivity contribution >= 4 is 27.8 Å². The molecule has 0 spiro atoms. The van der Waals surface area contributed by atoms with Crippen molar-refractivity contribution in [2.45, 2.75) is 121 Å². The number of aliphatic carboxylic acids is 2. The first-order valence-electron chi connectivity index (χ1n) is 11.5. The maximum Gasteiger partial charge on any atom is 0.335 e. The van der Waals surface area contributed by atoms with Crippen LogP contribution in [0.3, 0.4) is 0 Å². The number of unbranched alkanes of at least 4 members (excludes halogenated alkanes) is 14. The quantitative estimate of drug-likeness (QED) is 0.122. The van der Waals surface area contributed by atoms with Gasteiger partial charge in [0.1, 0.15) is 0 Å². The highest BCUT2D eigenvalue weighted by atomic mass is 32.2. The summed E-state index contributed by atoms with van der Waals surface area (Å²) in [5.74, 6) is -5.24. The monoisotopic (exact) mass is 464 g/mol. The molecular formula is C22H40O8S. The lowest BCUT2D eigenvalue weighted by Crippen LogP contribution is -2.54. The van der Waals surface area contributed by atoms with Gasteiger partial charge in [-0.2, -0.15) is 8.42 Å². The summed E-state index contributed by atoms with van der Waals surface area (Å²) in [6.07, 6.45) is 14.6. The molecule has 182 valence electrons. The van der Waals surface area contributed by atoms with Gasteiger partial charge in [-0.1, -0.05) is 96.8 Å². The van der Waals surface area contributed by atoms with Crippen molar-refractivity contribution in [2.24, 2.45) is 0 Å². The van der Waals surface area contributed by atoms with Crippen molar-refractivity contribution in [2.75, 3.05) is 0 Å². The molecule has 0 saturated heterocycles. The molecule has 9 heteroatoms. The Morgan fingerprint density at radius 3 is 1.32 bits per heavy atom. The molecule has 0 radical (unpaired) electrons. The number of carboxylic acids is 2. The molecule has 0 aromatic rings. The van der Waals surface area contributed by atoms with Crippen molar-refractivity contribution in [3.63, 3.8) is 0 Å². The minimum atomic E-state index is -5.42. The average molecular weight is 465 g/mol. The Hall–Kier alpha value is -1.48. The molecule has 0 bridgehead atoms. The van der Waals surface area contributed by atoms with E-state index in [1.807, 2.05) is 0 Å². The Bertz CT molecular complexity index is 644. The molecule has 0 heterocycles. The van der Waals surface area contributed by atoms with Gasteiger partial charge in [-0.3, -0.25) is 14.1 Å². The van der Waals surface area contributed by atoms with Crippen molar-refractivity contribution in [1.82, 2.24) is 0 Å². The zero-order valence-corrected chi connectivity index (χ0v) is 19.6. The Labute approximate surface area is 186 Å². The second-order valence-corrected chi connectivity index (χ2v) is 9.95. The highest BCUT2D eigenvalue weighted by Gasteiger charge is 2.58. The van der Waals surface area contributed by atoms with Crippen LogP contribution in [-0.2, 0) is 24.5 Å². The van der Waals surface area contributed by atoms with Crippen LogP contribution in [0.5, 0.6) is 0 Å². The third-order valence-corrected chi connectivity index (χ3v) is 7.07. The van der Waals surface area contributed by atoms with Crippen LogP contribution in [0, 0.1) is 0 Å². The van der Waals surface area contributed by atoms with E-state index in [2.05, 4.69) is 6.92 Å². The third-order valence-electron chi connectivity index (χ3n) is 5.64. The molecule has 0 saturated carbocycles. The van der Waals surface area contributed by atoms with E-state index in [-0.39, 0.29) is 6.42 Å². The predicted octanol–water partition coefficient (Wildman–Crippen LogP) is 5.00. The van der Waals surface area contributed by atoms with Crippen LogP contribution < -0.4 is 0 Å². The zero-order valence-electron chi connectivity index (χ0n) is 18.8. The predicted molar refractivity (Wildman–Crippen MR) is 119 cm³/mol. The van der Waals surface area contributed by atoms with E-state index in [0.29, 0.717) is 6.42 Å². The number of hydrogen-bond acceptors (Lipinski definition) is 5. The lowest BCUT2D eigenvalue weighted by atomic mass is 9.94. The van der Waals surface area contributed by atoms with E-state index in [1.165, 1.54) is 57.8 Å². The molecule has 1 unspecified atom stereocenters. The highest BCUT2D eigenvalue weighted by molar-refractivity contribution is 7.89. The van der Waals surface area contributed by atoms with Crippen molar-refractivity contribution < 1.29 is 37.6 Å². The maximum absolute atomic E-state index is 12.2. The van der Waals surface area contributed by atoms with Gasteiger partial charge in [-0.15, -0.1) is 0 Å². The molecule has 0 aliphatic rings. The van der Waals surface area contributed by atoms with Crippen molar-refractivity contribution in [3.05, 3.63) is 0 Å². The number of Topliss-reactive ketones (excluding diaryl/α,β-unsaturated/α-hetero) is 1. The Morgan fingerprint density at radius 2 is 1.03 bits per heavy atom. The topological polar surface area (TPSA) is 146 Å². The highest BCUT2D eigenvalue weighted by Crippen LogP contribution is 2.26. The smallest absolute Gasteiger partial charge is 0.335 e. The van der Waals surface area contributed by atoms with Gasteiger partial charge in [0.2, 0.25) is 0 Å². The van der Waals surface area contributed by atoms with Gasteiger partial charge >= 0.3 is 11.9 Å². The second kappa shape index (κ2) is 16.2. The minimum Gasteiger partial charge on any atom is -0.481 e. The van der Waals surface area contributed by atoms with Gasteiger partial charge in [0.25, 0.3) is 14.9 Å². The third kappa shape index (κ3) is 11.6. The van der Waals surface area contributed by atoms with Crippen LogP contribution in [0.2, 0.25) is 0 Å². The van der Waals surface area contributed by atoms with Crippen LogP contribution in [0.25, 0.3) is 0 Å². The van der Waals surface area contributed by atoms with Crippen molar-refractivity contribution in [3.8, 4) is 0 Å². The van der Waals surface area contributed by atoms with Crippen LogP contribution in [0.4, 0.5) is 0 Å². The normalized spacial score (nSPS) is 13.6. The largest absolute Gasteiger partial charge is 0.481 e. The minimum absolute atomic E-state index is 0.251. The van der Waals surface area contributed by atoms with E-state index >= 15 is 0 Å². The van der Waals surface area contributed by atoms with Gasteiger partial charge in [-0.05, 0) is 6.42 Å². The summed E-state index contributed by atoms with van der Waals surface area (Å²) in [5, 5.41) is 18.0. The molecule has 0 aliphatic heterocycles. The van der Waals surface area contributed by atoms with E-state index in [0.717, 1.165) is 25.7 Å². The molecule has 31 heavy (non-hydrogen) atoms. The summed E-state index contributed by atoms with van der Waals surface area (Å²) < 4.78 is 29.0. The maximum atomic E-state index is 12.2. The van der Waals surface area contributed by atoms with Gasteiger partial charge in [0, 0.05) is 6.42 Å². The molecule has 0 aromatic carbocycles. The van der Waals surface area contributed by atoms with Crippen molar-refractivity contribution in [1.29, 1.82) is 0 Å². The lowest BCUT2D eigenvalue weighted by Gasteiger charge is -2.22. The first kappa shape index (κ1) is 29.5. The Morgan fingerprint density at radius 1 is 0.677 bits per heavy atom. The molecule has 0 amide bonds. The number of hydrogen-bond donors (Lipinski definition) is 3. The first-order valence-corrected chi connectivity index (χ1v) is 13.0. The van der Waals surface area contributed by atoms with Gasteiger partial charge in [0.05, 0.1) is 6.42 Å². The van der Waals surface area contributed by atoms with Gasteiger partial charge in [-0.25, -0.2) is 4.79 Å². The van der Waals surface area contributed by atoms with Crippen LogP contribution in [0.15, 0.2) is 0 Å². The van der Waals surface area contributed by atoms with E-state index in [4.69, 9.17) is 5.11 Å².